The Labute approximate surface area is 239 Å². The molecule has 2 aliphatic rings. The number of methoxy groups -OCH3 is 1. The number of hydrogen-bond donors (Lipinski definition) is 1. The maximum absolute atomic E-state index is 13.7. The number of rotatable bonds is 4. The van der Waals surface area contributed by atoms with E-state index in [9.17, 15) is 22.8 Å². The van der Waals surface area contributed by atoms with Crippen molar-refractivity contribution in [1.82, 2.24) is 4.90 Å². The summed E-state index contributed by atoms with van der Waals surface area (Å²) in [6.45, 7) is 5.68. The molecule has 2 heterocycles. The molecule has 3 aromatic rings. The number of ether oxygens (including phenoxy) is 2. The molecule has 10 heteroatoms. The van der Waals surface area contributed by atoms with Gasteiger partial charge in [0.1, 0.15) is 11.0 Å². The van der Waals surface area contributed by atoms with Gasteiger partial charge in [-0.25, -0.2) is 18.0 Å². The molecule has 9 nitrogen and oxygen atoms in total. The summed E-state index contributed by atoms with van der Waals surface area (Å²) in [4.78, 5) is 40.9. The Kier molecular flexibility index (Phi) is 6.93. The average Bonchev–Trinajstić information content (AvgIpc) is 3.45. The molecule has 0 unspecified atom stereocenters. The van der Waals surface area contributed by atoms with Crippen molar-refractivity contribution < 1.29 is 32.3 Å². The van der Waals surface area contributed by atoms with Gasteiger partial charge < -0.3 is 14.8 Å². The number of likely N-dealkylation sites (tertiary alicyclic amines) is 1. The first-order valence-electron chi connectivity index (χ1n) is 13.2. The van der Waals surface area contributed by atoms with Crippen molar-refractivity contribution in [2.24, 2.45) is 0 Å². The number of para-hydroxylation sites is 1. The van der Waals surface area contributed by atoms with Crippen LogP contribution in [0.1, 0.15) is 54.7 Å². The lowest BCUT2D eigenvalue weighted by molar-refractivity contribution is -0.121. The fourth-order valence-electron chi connectivity index (χ4n) is 5.84. The molecule has 2 aliphatic heterocycles. The fourth-order valence-corrected chi connectivity index (χ4v) is 6.73. The third kappa shape index (κ3) is 4.97. The minimum atomic E-state index is -3.76. The third-order valence-corrected chi connectivity index (χ3v) is 8.67. The van der Waals surface area contributed by atoms with Crippen LogP contribution in [-0.4, -0.2) is 56.8 Å². The molecule has 0 saturated carbocycles. The Balaban J connectivity index is 1.66. The number of esters is 1. The lowest BCUT2D eigenvalue weighted by Crippen LogP contribution is -2.44. The molecule has 3 aromatic carbocycles. The van der Waals surface area contributed by atoms with Gasteiger partial charge in [0.05, 0.1) is 23.6 Å². The minimum absolute atomic E-state index is 0.0556. The summed E-state index contributed by atoms with van der Waals surface area (Å²) < 4.78 is 35.7. The number of fused-ring (bicyclic) bond motifs is 2. The fraction of sp³-hybridized carbons (Fsp3) is 0.323. The molecule has 1 fully saturated rings. The van der Waals surface area contributed by atoms with Crippen molar-refractivity contribution in [2.75, 3.05) is 25.2 Å². The maximum atomic E-state index is 13.7. The molecule has 0 aromatic heterocycles. The lowest BCUT2D eigenvalue weighted by Gasteiger charge is -2.35. The highest BCUT2D eigenvalue weighted by Gasteiger charge is 2.60. The molecule has 0 radical (unpaired) electrons. The van der Waals surface area contributed by atoms with E-state index in [4.69, 9.17) is 9.47 Å². The summed E-state index contributed by atoms with van der Waals surface area (Å²) in [5.41, 5.74) is 1.58. The summed E-state index contributed by atoms with van der Waals surface area (Å²) in [7, 11) is -2.57. The second-order valence-electron chi connectivity index (χ2n) is 11.4. The van der Waals surface area contributed by atoms with Crippen LogP contribution in [0.2, 0.25) is 0 Å². The van der Waals surface area contributed by atoms with E-state index in [2.05, 4.69) is 5.32 Å². The van der Waals surface area contributed by atoms with Crippen LogP contribution in [0.15, 0.2) is 71.6 Å². The highest BCUT2D eigenvalue weighted by atomic mass is 32.2. The number of nitrogens with one attached hydrogen (secondary N) is 1. The molecule has 1 saturated heterocycles. The lowest BCUT2D eigenvalue weighted by atomic mass is 9.72. The number of anilines is 1. The Bertz CT molecular complexity index is 1680. The van der Waals surface area contributed by atoms with Gasteiger partial charge in [0.25, 0.3) is 0 Å². The Morgan fingerprint density at radius 1 is 1.00 bits per heavy atom. The number of carbonyl (C=O) groups is 3. The topological polar surface area (TPSA) is 119 Å². The van der Waals surface area contributed by atoms with E-state index in [0.29, 0.717) is 35.3 Å². The molecule has 5 rings (SSSR count). The van der Waals surface area contributed by atoms with Gasteiger partial charge in [-0.05, 0) is 73.7 Å². The number of sulfone groups is 1. The zero-order valence-corrected chi connectivity index (χ0v) is 24.4. The molecular formula is C31H32N2O7S. The smallest absolute Gasteiger partial charge is 0.410 e. The second kappa shape index (κ2) is 10.0. The van der Waals surface area contributed by atoms with Gasteiger partial charge in [-0.3, -0.25) is 9.69 Å². The van der Waals surface area contributed by atoms with Crippen LogP contribution in [0, 0.1) is 0 Å². The minimum Gasteiger partial charge on any atom is -0.465 e. The van der Waals surface area contributed by atoms with Crippen LogP contribution >= 0.6 is 0 Å². The summed E-state index contributed by atoms with van der Waals surface area (Å²) >= 11 is 0. The first-order valence-corrected chi connectivity index (χ1v) is 15.1. The summed E-state index contributed by atoms with van der Waals surface area (Å²) in [6.07, 6.45) is 0.908. The molecule has 41 heavy (non-hydrogen) atoms. The first-order chi connectivity index (χ1) is 19.3. The van der Waals surface area contributed by atoms with E-state index >= 15 is 0 Å². The Morgan fingerprint density at radius 3 is 2.39 bits per heavy atom. The number of hydrogen-bond acceptors (Lipinski definition) is 7. The number of benzene rings is 3. The molecule has 0 bridgehead atoms. The van der Waals surface area contributed by atoms with E-state index < -0.39 is 39.0 Å². The molecule has 214 valence electrons. The van der Waals surface area contributed by atoms with Crippen LogP contribution in [-0.2, 0) is 29.5 Å². The van der Waals surface area contributed by atoms with Crippen LogP contribution in [0.3, 0.4) is 0 Å². The van der Waals surface area contributed by atoms with Crippen molar-refractivity contribution in [1.29, 1.82) is 0 Å². The van der Waals surface area contributed by atoms with Gasteiger partial charge in [0, 0.05) is 18.5 Å². The zero-order chi connectivity index (χ0) is 29.7. The molecule has 2 atom stereocenters. The molecule has 1 N–H and O–H groups in total. The van der Waals surface area contributed by atoms with Gasteiger partial charge in [-0.2, -0.15) is 0 Å². The van der Waals surface area contributed by atoms with Crippen molar-refractivity contribution >= 4 is 33.5 Å². The maximum Gasteiger partial charge on any atom is 0.410 e. The largest absolute Gasteiger partial charge is 0.465 e. The van der Waals surface area contributed by atoms with E-state index in [0.717, 1.165) is 11.8 Å². The number of nitrogens with zero attached hydrogens (tertiary/aromatic N) is 1. The summed E-state index contributed by atoms with van der Waals surface area (Å²) in [5, 5.41) is 3.00. The van der Waals surface area contributed by atoms with Gasteiger partial charge in [0.2, 0.25) is 5.91 Å². The van der Waals surface area contributed by atoms with Crippen molar-refractivity contribution in [3.8, 4) is 11.1 Å². The van der Waals surface area contributed by atoms with Gasteiger partial charge in [-0.15, -0.1) is 0 Å². The Morgan fingerprint density at radius 2 is 1.71 bits per heavy atom. The van der Waals surface area contributed by atoms with E-state index in [1.54, 1.807) is 37.8 Å². The molecular weight excluding hydrogens is 544 g/mol. The zero-order valence-electron chi connectivity index (χ0n) is 23.6. The van der Waals surface area contributed by atoms with Gasteiger partial charge >= 0.3 is 12.1 Å². The monoisotopic (exact) mass is 576 g/mol. The molecule has 2 amide bonds. The number of amides is 2. The highest BCUT2D eigenvalue weighted by Crippen LogP contribution is 2.55. The normalized spacial score (nSPS) is 20.1. The SMILES string of the molecule is COC(=O)c1ccc(-c2cccc([C@H]3N(C(=O)OC(C)(C)C)CC[C@]34C(=O)Nc3ccccc34)c2)cc1S(C)(=O)=O. The van der Waals surface area contributed by atoms with Gasteiger partial charge in [-0.1, -0.05) is 42.5 Å². The molecule has 1 spiro atoms. The molecule has 0 aliphatic carbocycles. The van der Waals surface area contributed by atoms with Crippen LogP contribution in [0.5, 0.6) is 0 Å². The average molecular weight is 577 g/mol. The highest BCUT2D eigenvalue weighted by molar-refractivity contribution is 7.90. The van der Waals surface area contributed by atoms with Gasteiger partial charge in [0.15, 0.2) is 9.84 Å². The van der Waals surface area contributed by atoms with Crippen molar-refractivity contribution in [3.05, 3.63) is 83.4 Å². The van der Waals surface area contributed by atoms with E-state index in [1.165, 1.54) is 19.2 Å². The van der Waals surface area contributed by atoms with E-state index in [-0.39, 0.29) is 16.4 Å². The summed E-state index contributed by atoms with van der Waals surface area (Å²) in [5.74, 6) is -0.945. The Hall–Kier alpha value is -4.18. The predicted octanol–water partition coefficient (Wildman–Crippen LogP) is 5.12. The number of carbonyl (C=O) groups excluding carboxylic acids is 3. The van der Waals surface area contributed by atoms with E-state index in [1.807, 2.05) is 42.5 Å². The van der Waals surface area contributed by atoms with Crippen LogP contribution in [0.4, 0.5) is 10.5 Å². The third-order valence-electron chi connectivity index (χ3n) is 7.54. The van der Waals surface area contributed by atoms with Crippen molar-refractivity contribution in [2.45, 2.75) is 49.1 Å². The summed E-state index contributed by atoms with van der Waals surface area (Å²) in [6, 6.07) is 18.6. The van der Waals surface area contributed by atoms with Crippen LogP contribution < -0.4 is 5.32 Å². The standard InChI is InChI=1S/C31H32N2O7S/c1-30(2,3)40-29(36)33-16-15-31(23-11-6-7-12-24(23)32-28(31)35)26(33)21-10-8-9-19(17-21)20-13-14-22(27(34)39-4)25(18-20)41(5,37)38/h6-14,17-18,26H,15-16H2,1-5H3,(H,32,35)/t26-,31-/m1/s1. The predicted molar refractivity (Wildman–Crippen MR) is 153 cm³/mol. The first kappa shape index (κ1) is 28.4. The van der Waals surface area contributed by atoms with Crippen molar-refractivity contribution in [3.63, 3.8) is 0 Å². The quantitative estimate of drug-likeness (QED) is 0.429. The second-order valence-corrected chi connectivity index (χ2v) is 13.4. The van der Waals surface area contributed by atoms with Crippen LogP contribution in [0.25, 0.3) is 11.1 Å².